The van der Waals surface area contributed by atoms with Crippen LogP contribution in [0.4, 0.5) is 0 Å². The van der Waals surface area contributed by atoms with Crippen LogP contribution in [-0.4, -0.2) is 6.54 Å². The molecule has 1 aromatic rings. The van der Waals surface area contributed by atoms with Gasteiger partial charge < -0.3 is 5.32 Å². The van der Waals surface area contributed by atoms with E-state index in [1.165, 1.54) is 24.3 Å². The summed E-state index contributed by atoms with van der Waals surface area (Å²) in [6.07, 6.45) is 2.80. The molecule has 0 aromatic carbocycles. The number of rotatable bonds is 0. The van der Waals surface area contributed by atoms with E-state index in [4.69, 9.17) is 0 Å². The van der Waals surface area contributed by atoms with E-state index in [1.54, 1.807) is 10.4 Å². The zero-order valence-electron chi connectivity index (χ0n) is 8.18. The van der Waals surface area contributed by atoms with Crippen molar-refractivity contribution < 1.29 is 0 Å². The first-order valence-corrected chi connectivity index (χ1v) is 5.87. The highest BCUT2D eigenvalue weighted by Crippen LogP contribution is 2.54. The minimum absolute atomic E-state index is 0.562. The fourth-order valence-corrected chi connectivity index (χ4v) is 3.57. The van der Waals surface area contributed by atoms with Gasteiger partial charge in [0.2, 0.25) is 0 Å². The van der Waals surface area contributed by atoms with Crippen molar-refractivity contribution in [2.24, 2.45) is 0 Å². The van der Waals surface area contributed by atoms with Gasteiger partial charge in [-0.2, -0.15) is 0 Å². The lowest BCUT2D eigenvalue weighted by Gasteiger charge is -2.27. The molecule has 2 aliphatic rings. The van der Waals surface area contributed by atoms with Gasteiger partial charge in [0.25, 0.3) is 0 Å². The molecule has 3 rings (SSSR count). The Morgan fingerprint density at radius 1 is 1.54 bits per heavy atom. The number of nitrogens with one attached hydrogen (secondary N) is 1. The van der Waals surface area contributed by atoms with Crippen LogP contribution in [0.25, 0.3) is 0 Å². The summed E-state index contributed by atoms with van der Waals surface area (Å²) in [5.74, 6) is 0. The molecule has 1 aliphatic carbocycles. The van der Waals surface area contributed by atoms with Crippen molar-refractivity contribution in [3.05, 3.63) is 21.4 Å². The second-order valence-electron chi connectivity index (χ2n) is 4.52. The van der Waals surface area contributed by atoms with Crippen molar-refractivity contribution >= 4 is 11.3 Å². The number of hydrogen-bond acceptors (Lipinski definition) is 2. The molecule has 1 unspecified atom stereocenters. The highest BCUT2D eigenvalue weighted by atomic mass is 32.1. The van der Waals surface area contributed by atoms with E-state index < -0.39 is 0 Å². The van der Waals surface area contributed by atoms with Gasteiger partial charge in [0, 0.05) is 27.8 Å². The molecule has 0 radical (unpaired) electrons. The van der Waals surface area contributed by atoms with Crippen molar-refractivity contribution in [2.75, 3.05) is 6.54 Å². The van der Waals surface area contributed by atoms with Crippen LogP contribution in [0.2, 0.25) is 0 Å². The predicted octanol–water partition coefficient (Wildman–Crippen LogP) is 2.75. The highest BCUT2D eigenvalue weighted by Gasteiger charge is 2.48. The van der Waals surface area contributed by atoms with Gasteiger partial charge in [-0.3, -0.25) is 0 Å². The molecular formula is C11H15NS. The maximum Gasteiger partial charge on any atom is 0.0389 e. The largest absolute Gasteiger partial charge is 0.309 e. The average Bonchev–Trinajstić information content (AvgIpc) is 2.76. The fourth-order valence-electron chi connectivity index (χ4n) is 2.40. The van der Waals surface area contributed by atoms with Crippen molar-refractivity contribution in [3.63, 3.8) is 0 Å². The summed E-state index contributed by atoms with van der Waals surface area (Å²) in [6, 6.07) is 3.00. The van der Waals surface area contributed by atoms with Gasteiger partial charge in [0.15, 0.2) is 0 Å². The van der Waals surface area contributed by atoms with Crippen LogP contribution in [0, 0.1) is 6.92 Å². The maximum absolute atomic E-state index is 3.61. The lowest BCUT2D eigenvalue weighted by molar-refractivity contribution is 0.475. The zero-order chi connectivity index (χ0) is 9.05. The highest BCUT2D eigenvalue weighted by molar-refractivity contribution is 7.12. The first kappa shape index (κ1) is 8.01. The lowest BCUT2D eigenvalue weighted by Crippen LogP contribution is -2.34. The predicted molar refractivity (Wildman–Crippen MR) is 56.4 cm³/mol. The Bertz CT molecular complexity index is 349. The Balaban J connectivity index is 2.16. The van der Waals surface area contributed by atoms with Crippen LogP contribution in [-0.2, 0) is 5.41 Å². The van der Waals surface area contributed by atoms with Gasteiger partial charge in [0.05, 0.1) is 0 Å². The molecule has 13 heavy (non-hydrogen) atoms. The minimum Gasteiger partial charge on any atom is -0.309 e. The molecule has 1 saturated carbocycles. The van der Waals surface area contributed by atoms with Crippen molar-refractivity contribution in [1.29, 1.82) is 0 Å². The number of aryl methyl sites for hydroxylation is 1. The molecule has 0 bridgehead atoms. The Morgan fingerprint density at radius 2 is 2.31 bits per heavy atom. The minimum atomic E-state index is 0.562. The van der Waals surface area contributed by atoms with E-state index in [2.05, 4.69) is 25.2 Å². The molecule has 2 heterocycles. The van der Waals surface area contributed by atoms with Crippen LogP contribution in [0.5, 0.6) is 0 Å². The quantitative estimate of drug-likeness (QED) is 0.668. The zero-order valence-corrected chi connectivity index (χ0v) is 9.00. The second-order valence-corrected chi connectivity index (χ2v) is 5.81. The molecule has 1 spiro atoms. The summed E-state index contributed by atoms with van der Waals surface area (Å²) in [6.45, 7) is 5.72. The number of hydrogen-bond donors (Lipinski definition) is 1. The fraction of sp³-hybridized carbons (Fsp3) is 0.636. The first-order valence-electron chi connectivity index (χ1n) is 5.05. The summed E-state index contributed by atoms with van der Waals surface area (Å²) in [5.41, 5.74) is 2.23. The summed E-state index contributed by atoms with van der Waals surface area (Å²) in [5, 5.41) is 3.61. The lowest BCUT2D eigenvalue weighted by atomic mass is 9.90. The number of thiophene rings is 1. The second kappa shape index (κ2) is 2.37. The average molecular weight is 193 g/mol. The third-order valence-corrected chi connectivity index (χ3v) is 4.68. The van der Waals surface area contributed by atoms with Crippen LogP contribution in [0.1, 0.15) is 41.1 Å². The van der Waals surface area contributed by atoms with Gasteiger partial charge >= 0.3 is 0 Å². The van der Waals surface area contributed by atoms with Crippen molar-refractivity contribution in [3.8, 4) is 0 Å². The van der Waals surface area contributed by atoms with E-state index in [1.807, 2.05) is 11.3 Å². The smallest absolute Gasteiger partial charge is 0.0389 e. The van der Waals surface area contributed by atoms with Crippen LogP contribution >= 0.6 is 11.3 Å². The van der Waals surface area contributed by atoms with E-state index >= 15 is 0 Å². The third kappa shape index (κ3) is 1.02. The summed E-state index contributed by atoms with van der Waals surface area (Å²) in [7, 11) is 0. The normalized spacial score (nSPS) is 28.9. The van der Waals surface area contributed by atoms with E-state index in [-0.39, 0.29) is 0 Å². The van der Waals surface area contributed by atoms with Crippen LogP contribution in [0.15, 0.2) is 6.07 Å². The maximum atomic E-state index is 3.61. The molecule has 0 amide bonds. The van der Waals surface area contributed by atoms with Gasteiger partial charge in [-0.1, -0.05) is 0 Å². The van der Waals surface area contributed by atoms with Crippen molar-refractivity contribution in [1.82, 2.24) is 5.32 Å². The van der Waals surface area contributed by atoms with E-state index in [0.717, 1.165) is 0 Å². The van der Waals surface area contributed by atoms with E-state index in [0.29, 0.717) is 11.5 Å². The molecular weight excluding hydrogens is 178 g/mol. The third-order valence-electron chi connectivity index (χ3n) is 3.45. The Morgan fingerprint density at radius 3 is 3.00 bits per heavy atom. The summed E-state index contributed by atoms with van der Waals surface area (Å²) < 4.78 is 0. The van der Waals surface area contributed by atoms with Gasteiger partial charge in [-0.25, -0.2) is 0 Å². The molecule has 0 saturated heterocycles. The van der Waals surface area contributed by atoms with Gasteiger partial charge in [0.1, 0.15) is 0 Å². The molecule has 2 heteroatoms. The van der Waals surface area contributed by atoms with Crippen LogP contribution in [0.3, 0.4) is 0 Å². The molecule has 1 nitrogen and oxygen atoms in total. The number of fused-ring (bicyclic) bond motifs is 2. The van der Waals surface area contributed by atoms with Crippen LogP contribution < -0.4 is 5.32 Å². The summed E-state index contributed by atoms with van der Waals surface area (Å²) >= 11 is 1.98. The molecule has 70 valence electrons. The van der Waals surface area contributed by atoms with Gasteiger partial charge in [-0.05, 0) is 38.3 Å². The molecule has 1 fully saturated rings. The van der Waals surface area contributed by atoms with Gasteiger partial charge in [-0.15, -0.1) is 11.3 Å². The van der Waals surface area contributed by atoms with E-state index in [9.17, 15) is 0 Å². The first-order chi connectivity index (χ1) is 6.21. The summed E-state index contributed by atoms with van der Waals surface area (Å²) in [4.78, 5) is 3.08. The Labute approximate surface area is 83.2 Å². The monoisotopic (exact) mass is 193 g/mol. The Hall–Kier alpha value is -0.340. The SMILES string of the molecule is Cc1cc2c(s1)C(C)NCC21CC1. The molecule has 1 aromatic heterocycles. The Kier molecular flexibility index (Phi) is 1.46. The van der Waals surface area contributed by atoms with Crippen molar-refractivity contribution in [2.45, 2.75) is 38.1 Å². The molecule has 1 aliphatic heterocycles. The molecule has 1 atom stereocenters. The topological polar surface area (TPSA) is 12.0 Å². The standard InChI is InChI=1S/C11H15NS/c1-7-5-9-10(13-7)8(2)12-6-11(9)3-4-11/h5,8,12H,3-4,6H2,1-2H3. The molecule has 1 N–H and O–H groups in total.